The van der Waals surface area contributed by atoms with Gasteiger partial charge in [0.25, 0.3) is 0 Å². The van der Waals surface area contributed by atoms with Crippen molar-refractivity contribution >= 4 is 0 Å². The Morgan fingerprint density at radius 2 is 1.37 bits per heavy atom. The molecule has 0 aromatic heterocycles. The number of fused-ring (bicyclic) bond motifs is 1. The first-order valence-electron chi connectivity index (χ1n) is 7.27. The number of hydrogen-bond donors (Lipinski definition) is 0. The van der Waals surface area contributed by atoms with Crippen LogP contribution in [-0.4, -0.2) is 0 Å². The molecule has 2 unspecified atom stereocenters. The standard InChI is InChI=1S/C19H22/c1-12-5-6-16(10-13(12)2)17-7-8-18-14(3)9-15(4)19(18)11-17/h5-8,10-11,14-15H,9H2,1-4H3. The fourth-order valence-corrected chi connectivity index (χ4v) is 3.34. The maximum absolute atomic E-state index is 2.41. The second-order valence-electron chi connectivity index (χ2n) is 6.18. The largest absolute Gasteiger partial charge is 0.0584 e. The second-order valence-corrected chi connectivity index (χ2v) is 6.18. The third-order valence-electron chi connectivity index (χ3n) is 4.70. The van der Waals surface area contributed by atoms with Gasteiger partial charge in [0.15, 0.2) is 0 Å². The lowest BCUT2D eigenvalue weighted by Crippen LogP contribution is -1.89. The molecular weight excluding hydrogens is 228 g/mol. The van der Waals surface area contributed by atoms with Gasteiger partial charge in [-0.25, -0.2) is 0 Å². The van der Waals surface area contributed by atoms with Crippen LogP contribution in [0.3, 0.4) is 0 Å². The SMILES string of the molecule is Cc1ccc(-c2ccc3c(c2)C(C)CC3C)cc1C. The van der Waals surface area contributed by atoms with Crippen LogP contribution < -0.4 is 0 Å². The predicted octanol–water partition coefficient (Wildman–Crippen LogP) is 5.58. The molecule has 0 nitrogen and oxygen atoms in total. The fraction of sp³-hybridized carbons (Fsp3) is 0.368. The third-order valence-corrected chi connectivity index (χ3v) is 4.70. The van der Waals surface area contributed by atoms with E-state index in [0.29, 0.717) is 5.92 Å². The van der Waals surface area contributed by atoms with Gasteiger partial charge in [0.05, 0.1) is 0 Å². The molecule has 0 N–H and O–H groups in total. The molecule has 2 aromatic rings. The molecule has 0 bridgehead atoms. The highest BCUT2D eigenvalue weighted by Crippen LogP contribution is 2.42. The van der Waals surface area contributed by atoms with Crippen molar-refractivity contribution in [3.8, 4) is 11.1 Å². The highest BCUT2D eigenvalue weighted by atomic mass is 14.3. The Kier molecular flexibility index (Phi) is 2.97. The van der Waals surface area contributed by atoms with Crippen LogP contribution in [0.1, 0.15) is 54.4 Å². The average molecular weight is 250 g/mol. The summed E-state index contributed by atoms with van der Waals surface area (Å²) < 4.78 is 0. The number of hydrogen-bond acceptors (Lipinski definition) is 0. The van der Waals surface area contributed by atoms with Crippen LogP contribution in [0.15, 0.2) is 36.4 Å². The molecule has 1 aliphatic carbocycles. The Morgan fingerprint density at radius 1 is 0.737 bits per heavy atom. The highest BCUT2D eigenvalue weighted by molar-refractivity contribution is 5.67. The summed E-state index contributed by atoms with van der Waals surface area (Å²) in [7, 11) is 0. The smallest absolute Gasteiger partial charge is 0.0181 e. The Balaban J connectivity index is 2.07. The predicted molar refractivity (Wildman–Crippen MR) is 82.8 cm³/mol. The van der Waals surface area contributed by atoms with E-state index in [0.717, 1.165) is 5.92 Å². The van der Waals surface area contributed by atoms with Gasteiger partial charge in [-0.05, 0) is 65.5 Å². The summed E-state index contributed by atoms with van der Waals surface area (Å²) in [4.78, 5) is 0. The lowest BCUT2D eigenvalue weighted by Gasteiger charge is -2.10. The van der Waals surface area contributed by atoms with Crippen molar-refractivity contribution in [1.29, 1.82) is 0 Å². The summed E-state index contributed by atoms with van der Waals surface area (Å²) in [5.41, 5.74) is 8.56. The lowest BCUT2D eigenvalue weighted by atomic mass is 9.95. The average Bonchev–Trinajstić information content (AvgIpc) is 2.68. The van der Waals surface area contributed by atoms with E-state index in [1.807, 2.05) is 0 Å². The summed E-state index contributed by atoms with van der Waals surface area (Å²) in [5.74, 6) is 1.43. The van der Waals surface area contributed by atoms with Crippen molar-refractivity contribution in [3.63, 3.8) is 0 Å². The van der Waals surface area contributed by atoms with E-state index < -0.39 is 0 Å². The van der Waals surface area contributed by atoms with Gasteiger partial charge < -0.3 is 0 Å². The molecule has 0 saturated heterocycles. The van der Waals surface area contributed by atoms with Gasteiger partial charge in [-0.15, -0.1) is 0 Å². The van der Waals surface area contributed by atoms with Crippen LogP contribution in [0.2, 0.25) is 0 Å². The van der Waals surface area contributed by atoms with Gasteiger partial charge in [-0.2, -0.15) is 0 Å². The van der Waals surface area contributed by atoms with Crippen LogP contribution in [0.25, 0.3) is 11.1 Å². The maximum Gasteiger partial charge on any atom is -0.0181 e. The van der Waals surface area contributed by atoms with Crippen molar-refractivity contribution in [3.05, 3.63) is 58.7 Å². The van der Waals surface area contributed by atoms with E-state index in [1.54, 1.807) is 11.1 Å². The van der Waals surface area contributed by atoms with Crippen molar-refractivity contribution in [2.45, 2.75) is 46.0 Å². The summed E-state index contributed by atoms with van der Waals surface area (Å²) in [6.45, 7) is 9.06. The summed E-state index contributed by atoms with van der Waals surface area (Å²) in [5, 5.41) is 0. The second kappa shape index (κ2) is 4.52. The normalized spacial score (nSPS) is 21.5. The fourth-order valence-electron chi connectivity index (χ4n) is 3.34. The van der Waals surface area contributed by atoms with Crippen LogP contribution in [0, 0.1) is 13.8 Å². The topological polar surface area (TPSA) is 0 Å². The van der Waals surface area contributed by atoms with Crippen molar-refractivity contribution in [2.75, 3.05) is 0 Å². The number of benzene rings is 2. The molecule has 2 aromatic carbocycles. The van der Waals surface area contributed by atoms with Crippen LogP contribution in [0.4, 0.5) is 0 Å². The first-order chi connectivity index (χ1) is 9.06. The molecule has 0 amide bonds. The first-order valence-corrected chi connectivity index (χ1v) is 7.27. The molecule has 0 saturated carbocycles. The van der Waals surface area contributed by atoms with Crippen molar-refractivity contribution < 1.29 is 0 Å². The minimum absolute atomic E-state index is 0.705. The van der Waals surface area contributed by atoms with E-state index in [-0.39, 0.29) is 0 Å². The van der Waals surface area contributed by atoms with E-state index >= 15 is 0 Å². The van der Waals surface area contributed by atoms with Gasteiger partial charge in [0.2, 0.25) is 0 Å². The number of aryl methyl sites for hydroxylation is 2. The quantitative estimate of drug-likeness (QED) is 0.619. The van der Waals surface area contributed by atoms with E-state index in [9.17, 15) is 0 Å². The minimum Gasteiger partial charge on any atom is -0.0584 e. The molecule has 3 rings (SSSR count). The molecule has 0 fully saturated rings. The van der Waals surface area contributed by atoms with E-state index in [4.69, 9.17) is 0 Å². The lowest BCUT2D eigenvalue weighted by molar-refractivity contribution is 0.661. The monoisotopic (exact) mass is 250 g/mol. The summed E-state index contributed by atoms with van der Waals surface area (Å²) in [6, 6.07) is 13.8. The van der Waals surface area contributed by atoms with Gasteiger partial charge in [-0.3, -0.25) is 0 Å². The van der Waals surface area contributed by atoms with Crippen molar-refractivity contribution in [2.24, 2.45) is 0 Å². The molecule has 0 radical (unpaired) electrons. The zero-order chi connectivity index (χ0) is 13.6. The van der Waals surface area contributed by atoms with Gasteiger partial charge in [-0.1, -0.05) is 50.2 Å². The van der Waals surface area contributed by atoms with Crippen LogP contribution in [0.5, 0.6) is 0 Å². The molecule has 0 spiro atoms. The molecule has 0 heterocycles. The van der Waals surface area contributed by atoms with Crippen LogP contribution in [-0.2, 0) is 0 Å². The van der Waals surface area contributed by atoms with Crippen LogP contribution >= 0.6 is 0 Å². The molecule has 98 valence electrons. The zero-order valence-electron chi connectivity index (χ0n) is 12.3. The summed E-state index contributed by atoms with van der Waals surface area (Å²) >= 11 is 0. The highest BCUT2D eigenvalue weighted by Gasteiger charge is 2.25. The van der Waals surface area contributed by atoms with E-state index in [1.165, 1.54) is 28.7 Å². The Morgan fingerprint density at radius 3 is 2.11 bits per heavy atom. The minimum atomic E-state index is 0.705. The van der Waals surface area contributed by atoms with E-state index in [2.05, 4.69) is 64.1 Å². The van der Waals surface area contributed by atoms with Crippen molar-refractivity contribution in [1.82, 2.24) is 0 Å². The maximum atomic E-state index is 2.41. The molecule has 19 heavy (non-hydrogen) atoms. The molecule has 2 atom stereocenters. The number of rotatable bonds is 1. The van der Waals surface area contributed by atoms with Gasteiger partial charge >= 0.3 is 0 Å². The molecule has 0 heteroatoms. The first kappa shape index (κ1) is 12.5. The zero-order valence-corrected chi connectivity index (χ0v) is 12.3. The third kappa shape index (κ3) is 2.10. The Labute approximate surface area is 116 Å². The Bertz CT molecular complexity index is 622. The summed E-state index contributed by atoms with van der Waals surface area (Å²) in [6.07, 6.45) is 1.30. The van der Waals surface area contributed by atoms with Gasteiger partial charge in [0.1, 0.15) is 0 Å². The Hall–Kier alpha value is -1.56. The van der Waals surface area contributed by atoms with Gasteiger partial charge in [0, 0.05) is 0 Å². The molecule has 0 aliphatic heterocycles. The molecule has 1 aliphatic rings. The molecular formula is C19H22.